The van der Waals surface area contributed by atoms with Gasteiger partial charge < -0.3 is 25.3 Å². The van der Waals surface area contributed by atoms with Crippen molar-refractivity contribution in [2.75, 3.05) is 24.2 Å². The van der Waals surface area contributed by atoms with Crippen molar-refractivity contribution in [3.63, 3.8) is 0 Å². The van der Waals surface area contributed by atoms with E-state index in [9.17, 15) is 18.8 Å². The van der Waals surface area contributed by atoms with Crippen LogP contribution in [0.25, 0.3) is 22.4 Å². The maximum atomic E-state index is 13.7. The number of aromatic nitrogens is 4. The predicted octanol–water partition coefficient (Wildman–Crippen LogP) is 2.92. The van der Waals surface area contributed by atoms with Gasteiger partial charge in [-0.2, -0.15) is 0 Å². The van der Waals surface area contributed by atoms with Gasteiger partial charge in [0.1, 0.15) is 22.9 Å². The lowest BCUT2D eigenvalue weighted by atomic mass is 9.98. The van der Waals surface area contributed by atoms with E-state index in [4.69, 9.17) is 10.5 Å². The molecule has 13 heteroatoms. The number of ether oxygens (including phenoxy) is 1. The number of anilines is 2. The van der Waals surface area contributed by atoms with E-state index in [1.165, 1.54) is 36.5 Å². The average molecular weight is 592 g/mol. The zero-order valence-corrected chi connectivity index (χ0v) is 21.7. The fraction of sp³-hybridized carbons (Fsp3) is 0.154. The van der Waals surface area contributed by atoms with Crippen molar-refractivity contribution in [1.82, 2.24) is 24.6 Å². The molecule has 2 aliphatic rings. The fourth-order valence-electron chi connectivity index (χ4n) is 4.67. The van der Waals surface area contributed by atoms with Crippen LogP contribution in [0.15, 0.2) is 64.1 Å². The molecule has 0 spiro atoms. The smallest absolute Gasteiger partial charge is 0.273 e. The predicted molar refractivity (Wildman–Crippen MR) is 142 cm³/mol. The summed E-state index contributed by atoms with van der Waals surface area (Å²) in [4.78, 5) is 46.0. The molecule has 0 aliphatic carbocycles. The average Bonchev–Trinajstić information content (AvgIpc) is 3.40. The van der Waals surface area contributed by atoms with Gasteiger partial charge in [0.2, 0.25) is 5.43 Å². The summed E-state index contributed by atoms with van der Waals surface area (Å²) in [7, 11) is 0. The molecule has 5 heterocycles. The van der Waals surface area contributed by atoms with Crippen LogP contribution in [-0.4, -0.2) is 55.8 Å². The highest BCUT2D eigenvalue weighted by molar-refractivity contribution is 9.10. The Morgan fingerprint density at radius 2 is 1.95 bits per heavy atom. The van der Waals surface area contributed by atoms with Gasteiger partial charge in [0.25, 0.3) is 11.8 Å². The number of amides is 2. The number of rotatable bonds is 4. The Kier molecular flexibility index (Phi) is 6.16. The first-order valence-electron chi connectivity index (χ1n) is 11.8. The first-order valence-corrected chi connectivity index (χ1v) is 12.6. The normalized spacial score (nSPS) is 16.1. The number of nitrogens with one attached hydrogen (secondary N) is 1. The lowest BCUT2D eigenvalue weighted by Crippen LogP contribution is -2.47. The highest BCUT2D eigenvalue weighted by atomic mass is 79.9. The van der Waals surface area contributed by atoms with Gasteiger partial charge in [-0.05, 0) is 51.8 Å². The third-order valence-electron chi connectivity index (χ3n) is 6.53. The Hall–Kier alpha value is -4.49. The maximum Gasteiger partial charge on any atom is 0.273 e. The molecule has 1 aromatic carbocycles. The molecule has 0 bridgehead atoms. The van der Waals surface area contributed by atoms with Crippen molar-refractivity contribution in [2.45, 2.75) is 12.8 Å². The van der Waals surface area contributed by atoms with E-state index >= 15 is 0 Å². The summed E-state index contributed by atoms with van der Waals surface area (Å²) in [5.74, 6) is -1.28. The molecule has 1 saturated heterocycles. The Labute approximate surface area is 228 Å². The van der Waals surface area contributed by atoms with Crippen LogP contribution in [0.4, 0.5) is 16.0 Å². The summed E-state index contributed by atoms with van der Waals surface area (Å²) < 4.78 is 21.6. The number of hydrogen-bond acceptors (Lipinski definition) is 8. The number of carbonyl (C=O) groups is 2. The summed E-state index contributed by atoms with van der Waals surface area (Å²) in [6, 6.07) is 10.1. The molecule has 39 heavy (non-hydrogen) atoms. The molecule has 1 unspecified atom stereocenters. The van der Waals surface area contributed by atoms with E-state index in [0.29, 0.717) is 34.4 Å². The highest BCUT2D eigenvalue weighted by Crippen LogP contribution is 2.30. The van der Waals surface area contributed by atoms with Gasteiger partial charge in [0, 0.05) is 29.0 Å². The van der Waals surface area contributed by atoms with Gasteiger partial charge in [-0.25, -0.2) is 9.37 Å². The Morgan fingerprint density at radius 3 is 2.69 bits per heavy atom. The number of nitrogens with zero attached hydrogens (tertiary/aromatic N) is 5. The van der Waals surface area contributed by atoms with E-state index in [1.54, 1.807) is 27.8 Å². The minimum atomic E-state index is -0.744. The largest absolute Gasteiger partial charge is 0.383 e. The summed E-state index contributed by atoms with van der Waals surface area (Å²) >= 11 is 3.34. The van der Waals surface area contributed by atoms with Crippen molar-refractivity contribution >= 4 is 39.4 Å². The van der Waals surface area contributed by atoms with Crippen LogP contribution in [0.5, 0.6) is 0 Å². The van der Waals surface area contributed by atoms with Gasteiger partial charge in [0.15, 0.2) is 12.0 Å². The lowest BCUT2D eigenvalue weighted by Gasteiger charge is -2.32. The van der Waals surface area contributed by atoms with Gasteiger partial charge in [-0.1, -0.05) is 12.1 Å². The monoisotopic (exact) mass is 591 g/mol. The molecular formula is C26H19BrFN7O4. The summed E-state index contributed by atoms with van der Waals surface area (Å²) in [5, 5.41) is 10.7. The number of nitrogens with two attached hydrogens (primary N) is 1. The molecule has 4 aromatic rings. The van der Waals surface area contributed by atoms with Crippen molar-refractivity contribution in [3.05, 3.63) is 86.6 Å². The minimum Gasteiger partial charge on any atom is -0.383 e. The zero-order chi connectivity index (χ0) is 27.3. The molecule has 11 nitrogen and oxygen atoms in total. The molecule has 2 amide bonds. The van der Waals surface area contributed by atoms with Gasteiger partial charge >= 0.3 is 0 Å². The number of halogens is 2. The molecule has 3 N–H and O–H groups in total. The Bertz CT molecular complexity index is 1690. The first-order chi connectivity index (χ1) is 18.8. The van der Waals surface area contributed by atoms with E-state index < -0.39 is 29.3 Å². The van der Waals surface area contributed by atoms with Crippen LogP contribution in [0, 0.1) is 5.82 Å². The van der Waals surface area contributed by atoms with Crippen LogP contribution < -0.4 is 16.5 Å². The minimum absolute atomic E-state index is 0.0112. The number of nitrogen functional groups attached to an aromatic ring is 1. The second-order valence-electron chi connectivity index (χ2n) is 8.92. The van der Waals surface area contributed by atoms with E-state index in [2.05, 4.69) is 36.4 Å². The number of pyridine rings is 2. The molecular weight excluding hydrogens is 573 g/mol. The van der Waals surface area contributed by atoms with Crippen molar-refractivity contribution in [3.8, 4) is 22.4 Å². The number of fused-ring (bicyclic) bond motifs is 2. The highest BCUT2D eigenvalue weighted by Gasteiger charge is 2.39. The fourth-order valence-corrected chi connectivity index (χ4v) is 5.01. The van der Waals surface area contributed by atoms with E-state index in [0.717, 1.165) is 0 Å². The van der Waals surface area contributed by atoms with E-state index in [-0.39, 0.29) is 35.0 Å². The Morgan fingerprint density at radius 1 is 1.15 bits per heavy atom. The van der Waals surface area contributed by atoms with Crippen molar-refractivity contribution < 1.29 is 18.7 Å². The van der Waals surface area contributed by atoms with Crippen LogP contribution in [0.2, 0.25) is 0 Å². The van der Waals surface area contributed by atoms with Crippen LogP contribution in [0.1, 0.15) is 20.8 Å². The second kappa shape index (κ2) is 9.67. The molecule has 2 aliphatic heterocycles. The number of hydrogen-bond donors (Lipinski definition) is 2. The SMILES string of the molecule is Nc1ncc(Br)cc1-c1ccc(NC(=O)c2cn3c(c(-c4ccc(F)cc4)c2=O)C(=O)N2CCOC2C3)nn1. The summed E-state index contributed by atoms with van der Waals surface area (Å²) in [6.45, 7) is 0.982. The molecule has 1 atom stereocenters. The van der Waals surface area contributed by atoms with Crippen LogP contribution >= 0.6 is 15.9 Å². The molecule has 3 aromatic heterocycles. The van der Waals surface area contributed by atoms with Crippen molar-refractivity contribution in [2.24, 2.45) is 0 Å². The van der Waals surface area contributed by atoms with Crippen LogP contribution in [0.3, 0.4) is 0 Å². The summed E-state index contributed by atoms with van der Waals surface area (Å²) in [6.07, 6.45) is 2.39. The third kappa shape index (κ3) is 4.45. The van der Waals surface area contributed by atoms with Crippen LogP contribution in [-0.2, 0) is 11.3 Å². The quantitative estimate of drug-likeness (QED) is 0.368. The topological polar surface area (TPSA) is 145 Å². The summed E-state index contributed by atoms with van der Waals surface area (Å²) in [5.41, 5.74) is 6.49. The standard InChI is InChI=1S/C26H19BrFN7O4/c27-14-9-16(24(29)30-10-14)18-5-6-19(33-32-18)31-25(37)17-11-34-12-20-35(7-8-39-20)26(38)22(34)21(23(17)36)13-1-3-15(28)4-2-13/h1-6,9-11,20H,7-8,12H2,(H2,29,30)(H,31,33,37). The molecule has 6 rings (SSSR count). The molecule has 0 radical (unpaired) electrons. The molecule has 1 fully saturated rings. The molecule has 196 valence electrons. The zero-order valence-electron chi connectivity index (χ0n) is 20.1. The van der Waals surface area contributed by atoms with Gasteiger partial charge in [0.05, 0.1) is 24.4 Å². The lowest BCUT2D eigenvalue weighted by molar-refractivity contribution is 0.00909. The van der Waals surface area contributed by atoms with Gasteiger partial charge in [-0.15, -0.1) is 10.2 Å². The second-order valence-corrected chi connectivity index (χ2v) is 9.84. The third-order valence-corrected chi connectivity index (χ3v) is 6.97. The van der Waals surface area contributed by atoms with Crippen molar-refractivity contribution in [1.29, 1.82) is 0 Å². The number of benzene rings is 1. The van der Waals surface area contributed by atoms with Gasteiger partial charge in [-0.3, -0.25) is 14.4 Å². The molecule has 0 saturated carbocycles. The number of carbonyl (C=O) groups excluding carboxylic acids is 2. The first kappa shape index (κ1) is 24.8. The van der Waals surface area contributed by atoms with E-state index in [1.807, 2.05) is 0 Å². The Balaban J connectivity index is 1.38. The maximum absolute atomic E-state index is 13.7.